The Kier molecular flexibility index (Phi) is 7.00. The smallest absolute Gasteiger partial charge is 0.359 e. The SMILES string of the molecule is CCCCCn1nc(C(=O)OCCOc2cccc(C)c2)c2ccccc2c1=O. The number of carbonyl (C=O) groups is 1. The highest BCUT2D eigenvalue weighted by molar-refractivity contribution is 6.02. The molecule has 1 aromatic heterocycles. The number of benzene rings is 2. The third kappa shape index (κ3) is 5.22. The van der Waals surface area contributed by atoms with Gasteiger partial charge < -0.3 is 9.47 Å². The van der Waals surface area contributed by atoms with Crippen LogP contribution in [0.5, 0.6) is 5.75 Å². The zero-order chi connectivity index (χ0) is 20.6. The molecule has 3 aromatic rings. The number of fused-ring (bicyclic) bond motifs is 1. The summed E-state index contributed by atoms with van der Waals surface area (Å²) in [6, 6.07) is 14.7. The van der Waals surface area contributed by atoms with Gasteiger partial charge in [-0.05, 0) is 37.1 Å². The number of aromatic nitrogens is 2. The molecule has 6 heteroatoms. The van der Waals surface area contributed by atoms with Gasteiger partial charge in [-0.2, -0.15) is 5.10 Å². The van der Waals surface area contributed by atoms with Gasteiger partial charge in [0, 0.05) is 11.9 Å². The molecule has 152 valence electrons. The van der Waals surface area contributed by atoms with E-state index >= 15 is 0 Å². The van der Waals surface area contributed by atoms with Gasteiger partial charge in [0.25, 0.3) is 5.56 Å². The van der Waals surface area contributed by atoms with Crippen molar-refractivity contribution in [2.24, 2.45) is 0 Å². The largest absolute Gasteiger partial charge is 0.490 e. The van der Waals surface area contributed by atoms with Gasteiger partial charge in [0.2, 0.25) is 0 Å². The fourth-order valence-electron chi connectivity index (χ4n) is 3.12. The molecule has 0 N–H and O–H groups in total. The predicted molar refractivity (Wildman–Crippen MR) is 112 cm³/mol. The van der Waals surface area contributed by atoms with E-state index in [9.17, 15) is 9.59 Å². The van der Waals surface area contributed by atoms with E-state index in [0.717, 1.165) is 30.6 Å². The van der Waals surface area contributed by atoms with Gasteiger partial charge in [-0.1, -0.05) is 50.1 Å². The van der Waals surface area contributed by atoms with E-state index < -0.39 is 5.97 Å². The van der Waals surface area contributed by atoms with Crippen molar-refractivity contribution in [1.82, 2.24) is 9.78 Å². The third-order valence-corrected chi connectivity index (χ3v) is 4.61. The van der Waals surface area contributed by atoms with Crippen LogP contribution in [0.25, 0.3) is 10.8 Å². The minimum absolute atomic E-state index is 0.0950. The molecule has 2 aromatic carbocycles. The average Bonchev–Trinajstić information content (AvgIpc) is 2.73. The van der Waals surface area contributed by atoms with Crippen molar-refractivity contribution in [2.45, 2.75) is 39.7 Å². The molecular formula is C23H26N2O4. The lowest BCUT2D eigenvalue weighted by molar-refractivity contribution is 0.0443. The molecule has 0 radical (unpaired) electrons. The van der Waals surface area contributed by atoms with Crippen molar-refractivity contribution < 1.29 is 14.3 Å². The number of unbranched alkanes of at least 4 members (excludes halogenated alkanes) is 2. The Bertz CT molecular complexity index is 1040. The van der Waals surface area contributed by atoms with Gasteiger partial charge in [0.05, 0.1) is 5.39 Å². The van der Waals surface area contributed by atoms with Gasteiger partial charge in [-0.15, -0.1) is 0 Å². The summed E-state index contributed by atoms with van der Waals surface area (Å²) in [6.45, 7) is 4.90. The van der Waals surface area contributed by atoms with E-state index in [2.05, 4.69) is 12.0 Å². The lowest BCUT2D eigenvalue weighted by atomic mass is 10.1. The van der Waals surface area contributed by atoms with Crippen molar-refractivity contribution in [1.29, 1.82) is 0 Å². The van der Waals surface area contributed by atoms with Gasteiger partial charge >= 0.3 is 5.97 Å². The Morgan fingerprint density at radius 1 is 1.03 bits per heavy atom. The number of nitrogens with zero attached hydrogens (tertiary/aromatic N) is 2. The summed E-state index contributed by atoms with van der Waals surface area (Å²) in [5, 5.41) is 5.29. The van der Waals surface area contributed by atoms with Crippen LogP contribution in [0.1, 0.15) is 42.2 Å². The van der Waals surface area contributed by atoms with Crippen molar-refractivity contribution in [3.63, 3.8) is 0 Å². The van der Waals surface area contributed by atoms with Crippen molar-refractivity contribution in [2.75, 3.05) is 13.2 Å². The molecule has 29 heavy (non-hydrogen) atoms. The summed E-state index contributed by atoms with van der Waals surface area (Å²) in [4.78, 5) is 25.3. The van der Waals surface area contributed by atoms with Gasteiger partial charge in [-0.25, -0.2) is 9.48 Å². The summed E-state index contributed by atoms with van der Waals surface area (Å²) < 4.78 is 12.4. The van der Waals surface area contributed by atoms with E-state index in [1.165, 1.54) is 4.68 Å². The van der Waals surface area contributed by atoms with E-state index in [1.807, 2.05) is 31.2 Å². The van der Waals surface area contributed by atoms with E-state index in [1.54, 1.807) is 24.3 Å². The van der Waals surface area contributed by atoms with Crippen molar-refractivity contribution >= 4 is 16.7 Å². The van der Waals surface area contributed by atoms with Crippen molar-refractivity contribution in [3.05, 3.63) is 70.1 Å². The van der Waals surface area contributed by atoms with E-state index in [4.69, 9.17) is 9.47 Å². The number of carbonyl (C=O) groups excluding carboxylic acids is 1. The molecule has 1 heterocycles. The number of hydrogen-bond donors (Lipinski definition) is 0. The molecule has 6 nitrogen and oxygen atoms in total. The second-order valence-electron chi connectivity index (χ2n) is 6.93. The molecule has 0 saturated carbocycles. The first-order valence-electron chi connectivity index (χ1n) is 9.96. The molecule has 0 fully saturated rings. The maximum absolute atomic E-state index is 12.7. The molecule has 0 aliphatic heterocycles. The van der Waals surface area contributed by atoms with E-state index in [0.29, 0.717) is 17.3 Å². The summed E-state index contributed by atoms with van der Waals surface area (Å²) in [5.74, 6) is 0.174. The highest BCUT2D eigenvalue weighted by Gasteiger charge is 2.17. The fraction of sp³-hybridized carbons (Fsp3) is 0.348. The molecule has 0 atom stereocenters. The molecule has 0 unspecified atom stereocenters. The van der Waals surface area contributed by atoms with Gasteiger partial charge in [0.1, 0.15) is 19.0 Å². The quantitative estimate of drug-likeness (QED) is 0.403. The van der Waals surface area contributed by atoms with Crippen molar-refractivity contribution in [3.8, 4) is 5.75 Å². The lowest BCUT2D eigenvalue weighted by Crippen LogP contribution is -2.27. The Labute approximate surface area is 170 Å². The highest BCUT2D eigenvalue weighted by Crippen LogP contribution is 2.15. The van der Waals surface area contributed by atoms with Crippen LogP contribution in [0, 0.1) is 6.92 Å². The van der Waals surface area contributed by atoms with Gasteiger partial charge in [0.15, 0.2) is 5.69 Å². The second kappa shape index (κ2) is 9.87. The molecule has 0 aliphatic carbocycles. The highest BCUT2D eigenvalue weighted by atomic mass is 16.6. The maximum Gasteiger partial charge on any atom is 0.359 e. The molecule has 0 amide bonds. The minimum Gasteiger partial charge on any atom is -0.490 e. The number of ether oxygens (including phenoxy) is 2. The number of aryl methyl sites for hydroxylation is 2. The number of rotatable bonds is 9. The predicted octanol–water partition coefficient (Wildman–Crippen LogP) is 4.13. The van der Waals surface area contributed by atoms with Crippen LogP contribution in [0.3, 0.4) is 0 Å². The zero-order valence-electron chi connectivity index (χ0n) is 16.9. The van der Waals surface area contributed by atoms with Crippen LogP contribution in [-0.2, 0) is 11.3 Å². The number of hydrogen-bond acceptors (Lipinski definition) is 5. The Morgan fingerprint density at radius 3 is 2.59 bits per heavy atom. The molecule has 3 rings (SSSR count). The standard InChI is InChI=1S/C23H26N2O4/c1-3-4-7-13-25-22(26)20-12-6-5-11-19(20)21(24-25)23(27)29-15-14-28-18-10-8-9-17(2)16-18/h5-6,8-12,16H,3-4,7,13-15H2,1-2H3. The Morgan fingerprint density at radius 2 is 1.83 bits per heavy atom. The van der Waals surface area contributed by atoms with Crippen LogP contribution in [0.4, 0.5) is 0 Å². The molecule has 0 spiro atoms. The summed E-state index contributed by atoms with van der Waals surface area (Å²) >= 11 is 0. The minimum atomic E-state index is -0.557. The number of esters is 1. The summed E-state index contributed by atoms with van der Waals surface area (Å²) in [7, 11) is 0. The van der Waals surface area contributed by atoms with Crippen LogP contribution < -0.4 is 10.3 Å². The maximum atomic E-state index is 12.7. The van der Waals surface area contributed by atoms with E-state index in [-0.39, 0.29) is 24.5 Å². The first-order chi connectivity index (χ1) is 14.1. The zero-order valence-corrected chi connectivity index (χ0v) is 16.9. The van der Waals surface area contributed by atoms with Crippen LogP contribution in [0.2, 0.25) is 0 Å². The molecule has 0 aliphatic rings. The fourth-order valence-corrected chi connectivity index (χ4v) is 3.12. The Balaban J connectivity index is 1.72. The lowest BCUT2D eigenvalue weighted by Gasteiger charge is -2.11. The second-order valence-corrected chi connectivity index (χ2v) is 6.93. The third-order valence-electron chi connectivity index (χ3n) is 4.61. The van der Waals surface area contributed by atoms with Crippen LogP contribution in [-0.4, -0.2) is 29.0 Å². The normalized spacial score (nSPS) is 10.8. The summed E-state index contributed by atoms with van der Waals surface area (Å²) in [5.41, 5.74) is 1.07. The van der Waals surface area contributed by atoms with Crippen LogP contribution >= 0.6 is 0 Å². The Hall–Kier alpha value is -3.15. The topological polar surface area (TPSA) is 70.4 Å². The van der Waals surface area contributed by atoms with Gasteiger partial charge in [-0.3, -0.25) is 4.79 Å². The first kappa shape index (κ1) is 20.6. The van der Waals surface area contributed by atoms with Crippen LogP contribution in [0.15, 0.2) is 53.3 Å². The molecule has 0 bridgehead atoms. The average molecular weight is 394 g/mol. The summed E-state index contributed by atoms with van der Waals surface area (Å²) in [6.07, 6.45) is 2.87. The molecular weight excluding hydrogens is 368 g/mol. The monoisotopic (exact) mass is 394 g/mol. The first-order valence-corrected chi connectivity index (χ1v) is 9.96. The molecule has 0 saturated heterocycles.